The zero-order chi connectivity index (χ0) is 23.3. The van der Waals surface area contributed by atoms with E-state index in [4.69, 9.17) is 9.47 Å². The van der Waals surface area contributed by atoms with Crippen LogP contribution in [0.15, 0.2) is 41.3 Å². The van der Waals surface area contributed by atoms with Crippen LogP contribution in [0.4, 0.5) is 5.69 Å². The van der Waals surface area contributed by atoms with E-state index in [9.17, 15) is 13.2 Å². The molecule has 0 radical (unpaired) electrons. The maximum atomic E-state index is 13.3. The van der Waals surface area contributed by atoms with Crippen molar-refractivity contribution in [3.05, 3.63) is 47.5 Å². The van der Waals surface area contributed by atoms with E-state index in [1.54, 1.807) is 26.0 Å². The molecule has 1 atom stereocenters. The standard InChI is InChI=1S/C24H32N2O5S/c1-5-30-22-13-12-20(16-23(22)32(28,29)26-14-7-6-8-15-26)25-24(27)19(4)31-21-11-9-10-17(2)18(21)3/h9-13,16,19H,5-8,14-15H2,1-4H3,(H,25,27). The molecule has 1 heterocycles. The number of piperidine rings is 1. The lowest BCUT2D eigenvalue weighted by Gasteiger charge is -2.27. The topological polar surface area (TPSA) is 84.9 Å². The molecule has 1 amide bonds. The molecule has 0 aliphatic carbocycles. The maximum Gasteiger partial charge on any atom is 0.265 e. The van der Waals surface area contributed by atoms with Gasteiger partial charge in [-0.05, 0) is 75.9 Å². The molecule has 1 aliphatic heterocycles. The molecular weight excluding hydrogens is 428 g/mol. The van der Waals surface area contributed by atoms with Gasteiger partial charge >= 0.3 is 0 Å². The zero-order valence-electron chi connectivity index (χ0n) is 19.2. The number of ether oxygens (including phenoxy) is 2. The summed E-state index contributed by atoms with van der Waals surface area (Å²) in [6.45, 7) is 8.72. The van der Waals surface area contributed by atoms with Gasteiger partial charge in [-0.25, -0.2) is 8.42 Å². The number of nitrogens with one attached hydrogen (secondary N) is 1. The Kier molecular flexibility index (Phi) is 7.79. The number of carbonyl (C=O) groups is 1. The molecule has 2 aromatic rings. The van der Waals surface area contributed by atoms with Crippen molar-refractivity contribution in [2.24, 2.45) is 0 Å². The second-order valence-corrected chi connectivity index (χ2v) is 9.91. The molecule has 1 fully saturated rings. The lowest BCUT2D eigenvalue weighted by Crippen LogP contribution is -2.36. The molecule has 0 spiro atoms. The van der Waals surface area contributed by atoms with Crippen LogP contribution in [0.1, 0.15) is 44.2 Å². The zero-order valence-corrected chi connectivity index (χ0v) is 20.0. The monoisotopic (exact) mass is 460 g/mol. The van der Waals surface area contributed by atoms with Crippen LogP contribution in [0.5, 0.6) is 11.5 Å². The minimum atomic E-state index is -3.73. The Hall–Kier alpha value is -2.58. The Morgan fingerprint density at radius 3 is 2.50 bits per heavy atom. The molecule has 0 aromatic heterocycles. The van der Waals surface area contributed by atoms with Gasteiger partial charge in [0.05, 0.1) is 6.61 Å². The van der Waals surface area contributed by atoms with Gasteiger partial charge in [0, 0.05) is 18.8 Å². The maximum absolute atomic E-state index is 13.3. The summed E-state index contributed by atoms with van der Waals surface area (Å²) in [5, 5.41) is 2.78. The summed E-state index contributed by atoms with van der Waals surface area (Å²) in [5.41, 5.74) is 2.43. The summed E-state index contributed by atoms with van der Waals surface area (Å²) < 4.78 is 39.5. The van der Waals surface area contributed by atoms with Gasteiger partial charge in [0.25, 0.3) is 5.91 Å². The smallest absolute Gasteiger partial charge is 0.265 e. The van der Waals surface area contributed by atoms with E-state index in [-0.39, 0.29) is 16.6 Å². The van der Waals surface area contributed by atoms with Crippen LogP contribution in [0.25, 0.3) is 0 Å². The van der Waals surface area contributed by atoms with Gasteiger partial charge in [-0.1, -0.05) is 18.6 Å². The lowest BCUT2D eigenvalue weighted by atomic mass is 10.1. The highest BCUT2D eigenvalue weighted by Gasteiger charge is 2.29. The molecule has 1 unspecified atom stereocenters. The van der Waals surface area contributed by atoms with Crippen LogP contribution >= 0.6 is 0 Å². The number of anilines is 1. The molecule has 1 saturated heterocycles. The highest BCUT2D eigenvalue weighted by molar-refractivity contribution is 7.89. The van der Waals surface area contributed by atoms with Crippen molar-refractivity contribution in [3.8, 4) is 11.5 Å². The summed E-state index contributed by atoms with van der Waals surface area (Å²) in [6.07, 6.45) is 1.95. The van der Waals surface area contributed by atoms with Crippen molar-refractivity contribution >= 4 is 21.6 Å². The number of amides is 1. The molecule has 1 N–H and O–H groups in total. The Bertz CT molecular complexity index is 1060. The normalized spacial score (nSPS) is 15.8. The molecule has 0 bridgehead atoms. The molecule has 174 valence electrons. The molecule has 0 saturated carbocycles. The average Bonchev–Trinajstić information content (AvgIpc) is 2.78. The molecule has 8 heteroatoms. The molecule has 3 rings (SSSR count). The fourth-order valence-electron chi connectivity index (χ4n) is 3.65. The molecule has 32 heavy (non-hydrogen) atoms. The van der Waals surface area contributed by atoms with E-state index in [2.05, 4.69) is 5.32 Å². The van der Waals surface area contributed by atoms with Crippen LogP contribution in [0.3, 0.4) is 0 Å². The van der Waals surface area contributed by atoms with Crippen molar-refractivity contribution in [1.82, 2.24) is 4.31 Å². The predicted octanol–water partition coefficient (Wildman–Crippen LogP) is 4.28. The number of benzene rings is 2. The summed E-state index contributed by atoms with van der Waals surface area (Å²) in [6, 6.07) is 10.4. The predicted molar refractivity (Wildman–Crippen MR) is 125 cm³/mol. The van der Waals surface area contributed by atoms with E-state index in [0.717, 1.165) is 30.4 Å². The van der Waals surface area contributed by atoms with Gasteiger partial charge < -0.3 is 14.8 Å². The minimum Gasteiger partial charge on any atom is -0.492 e. The van der Waals surface area contributed by atoms with Crippen LogP contribution < -0.4 is 14.8 Å². The minimum absolute atomic E-state index is 0.0714. The number of nitrogens with zero attached hydrogens (tertiary/aromatic N) is 1. The SMILES string of the molecule is CCOc1ccc(NC(=O)C(C)Oc2cccc(C)c2C)cc1S(=O)(=O)N1CCCCC1. The molecular formula is C24H32N2O5S. The quantitative estimate of drug-likeness (QED) is 0.635. The fourth-order valence-corrected chi connectivity index (χ4v) is 5.32. The third-order valence-electron chi connectivity index (χ3n) is 5.67. The van der Waals surface area contributed by atoms with Crippen molar-refractivity contribution in [2.45, 2.75) is 58.0 Å². The second kappa shape index (κ2) is 10.4. The third kappa shape index (κ3) is 5.42. The highest BCUT2D eigenvalue weighted by Crippen LogP contribution is 2.31. The average molecular weight is 461 g/mol. The number of hydrogen-bond donors (Lipinski definition) is 1. The lowest BCUT2D eigenvalue weighted by molar-refractivity contribution is -0.122. The van der Waals surface area contributed by atoms with Crippen molar-refractivity contribution in [1.29, 1.82) is 0 Å². The molecule has 7 nitrogen and oxygen atoms in total. The van der Waals surface area contributed by atoms with Crippen molar-refractivity contribution < 1.29 is 22.7 Å². The third-order valence-corrected chi connectivity index (χ3v) is 7.59. The first-order chi connectivity index (χ1) is 15.2. The first-order valence-corrected chi connectivity index (χ1v) is 12.5. The number of aryl methyl sites for hydroxylation is 1. The Balaban J connectivity index is 1.81. The van der Waals surface area contributed by atoms with E-state index in [1.807, 2.05) is 32.0 Å². The number of rotatable bonds is 8. The van der Waals surface area contributed by atoms with Crippen LogP contribution in [-0.4, -0.2) is 44.4 Å². The first kappa shape index (κ1) is 24.1. The Morgan fingerprint density at radius 1 is 1.09 bits per heavy atom. The molecule has 2 aromatic carbocycles. The summed E-state index contributed by atoms with van der Waals surface area (Å²) in [7, 11) is -3.73. The first-order valence-electron chi connectivity index (χ1n) is 11.0. The number of hydrogen-bond acceptors (Lipinski definition) is 5. The van der Waals surface area contributed by atoms with Gasteiger partial charge in [0.2, 0.25) is 10.0 Å². The van der Waals surface area contributed by atoms with Crippen LogP contribution in [0, 0.1) is 13.8 Å². The van der Waals surface area contributed by atoms with Gasteiger partial charge in [-0.3, -0.25) is 4.79 Å². The number of sulfonamides is 1. The molecule has 1 aliphatic rings. The summed E-state index contributed by atoms with van der Waals surface area (Å²) >= 11 is 0. The van der Waals surface area contributed by atoms with Gasteiger partial charge in [-0.2, -0.15) is 4.31 Å². The van der Waals surface area contributed by atoms with Gasteiger partial charge in [0.1, 0.15) is 16.4 Å². The fraction of sp³-hybridized carbons (Fsp3) is 0.458. The Labute approximate surface area is 190 Å². The largest absolute Gasteiger partial charge is 0.492 e. The van der Waals surface area contributed by atoms with E-state index in [1.165, 1.54) is 10.4 Å². The highest BCUT2D eigenvalue weighted by atomic mass is 32.2. The van der Waals surface area contributed by atoms with Crippen LogP contribution in [0.2, 0.25) is 0 Å². The van der Waals surface area contributed by atoms with Gasteiger partial charge in [-0.15, -0.1) is 0 Å². The summed E-state index contributed by atoms with van der Waals surface area (Å²) in [4.78, 5) is 12.8. The second-order valence-electron chi connectivity index (χ2n) is 8.01. The van der Waals surface area contributed by atoms with E-state index < -0.39 is 16.1 Å². The van der Waals surface area contributed by atoms with E-state index >= 15 is 0 Å². The van der Waals surface area contributed by atoms with Crippen molar-refractivity contribution in [2.75, 3.05) is 25.0 Å². The summed E-state index contributed by atoms with van der Waals surface area (Å²) in [5.74, 6) is 0.569. The van der Waals surface area contributed by atoms with Crippen molar-refractivity contribution in [3.63, 3.8) is 0 Å². The van der Waals surface area contributed by atoms with Gasteiger partial charge in [0.15, 0.2) is 6.10 Å². The Morgan fingerprint density at radius 2 is 1.81 bits per heavy atom. The van der Waals surface area contributed by atoms with Crippen LogP contribution in [-0.2, 0) is 14.8 Å². The number of carbonyl (C=O) groups excluding carboxylic acids is 1. The van der Waals surface area contributed by atoms with E-state index in [0.29, 0.717) is 31.1 Å².